The molecule has 9 heteroatoms. The summed E-state index contributed by atoms with van der Waals surface area (Å²) in [6, 6.07) is 4.74. The summed E-state index contributed by atoms with van der Waals surface area (Å²) in [6.07, 6.45) is 6.02. The molecular weight excluding hydrogens is 354 g/mol. The third-order valence-electron chi connectivity index (χ3n) is 3.52. The minimum atomic E-state index is -3.80. The van der Waals surface area contributed by atoms with Gasteiger partial charge in [0.2, 0.25) is 6.33 Å². The summed E-state index contributed by atoms with van der Waals surface area (Å²) in [5.74, 6) is 0.373. The Morgan fingerprint density at radius 3 is 2.67 bits per heavy atom. The van der Waals surface area contributed by atoms with E-state index in [1.807, 2.05) is 41.8 Å². The van der Waals surface area contributed by atoms with E-state index in [0.717, 1.165) is 5.56 Å². The number of methoxy groups -OCH3 is 1. The third-order valence-corrected chi connectivity index (χ3v) is 5.06. The summed E-state index contributed by atoms with van der Waals surface area (Å²) < 4.78 is 33.7. The predicted molar refractivity (Wildman–Crippen MR) is 86.0 cm³/mol. The Morgan fingerprint density at radius 1 is 1.38 bits per heavy atom. The maximum Gasteiger partial charge on any atom is 0.257 e. The normalized spacial score (nSPS) is 11.0. The number of rotatable bonds is 7. The fraction of sp³-hybridized carbons (Fsp3) is 0.400. The lowest BCUT2D eigenvalue weighted by molar-refractivity contribution is -0.671. The number of aryl methyl sites for hydroxylation is 3. The monoisotopic (exact) mass is 375 g/mol. The van der Waals surface area contributed by atoms with Crippen LogP contribution in [-0.2, 0) is 23.6 Å². The Bertz CT molecular complexity index is 777. The van der Waals surface area contributed by atoms with Crippen LogP contribution in [0.4, 0.5) is 5.69 Å². The van der Waals surface area contributed by atoms with Gasteiger partial charge in [-0.05, 0) is 18.6 Å². The van der Waals surface area contributed by atoms with Gasteiger partial charge >= 0.3 is 0 Å². The van der Waals surface area contributed by atoms with Gasteiger partial charge in [0, 0.05) is 12.5 Å². The van der Waals surface area contributed by atoms with Crippen LogP contribution in [0.2, 0.25) is 0 Å². The van der Waals surface area contributed by atoms with Crippen LogP contribution >= 0.6 is 0 Å². The molecule has 2 aromatic rings. The number of nitrogens with zero attached hydrogens (tertiary/aromatic N) is 3. The van der Waals surface area contributed by atoms with Gasteiger partial charge in [-0.1, -0.05) is 6.07 Å². The number of sulfonamides is 1. The van der Waals surface area contributed by atoms with E-state index in [2.05, 4.69) is 0 Å². The van der Waals surface area contributed by atoms with Crippen LogP contribution in [0.25, 0.3) is 0 Å². The van der Waals surface area contributed by atoms with Gasteiger partial charge in [0.15, 0.2) is 0 Å². The molecule has 0 spiro atoms. The molecule has 0 aliphatic carbocycles. The molecule has 134 valence electrons. The molecule has 1 aromatic heterocycles. The van der Waals surface area contributed by atoms with Crippen LogP contribution in [-0.4, -0.2) is 31.1 Å². The third kappa shape index (κ3) is 4.86. The summed E-state index contributed by atoms with van der Waals surface area (Å²) >= 11 is 0. The second-order valence-corrected chi connectivity index (χ2v) is 7.30. The number of hydrogen-bond acceptors (Lipinski definition) is 4. The number of benzene rings is 1. The van der Waals surface area contributed by atoms with Crippen molar-refractivity contribution in [3.05, 3.63) is 42.5 Å². The van der Waals surface area contributed by atoms with E-state index in [0.29, 0.717) is 23.2 Å². The smallest absolute Gasteiger partial charge is 0.257 e. The fourth-order valence-electron chi connectivity index (χ4n) is 2.24. The van der Waals surface area contributed by atoms with E-state index in [9.17, 15) is 13.6 Å². The average molecular weight is 376 g/mol. The lowest BCUT2D eigenvalue weighted by Crippen LogP contribution is -3.00. The van der Waals surface area contributed by atoms with Crippen LogP contribution in [0.1, 0.15) is 12.0 Å². The zero-order valence-corrected chi connectivity index (χ0v) is 15.5. The van der Waals surface area contributed by atoms with Crippen molar-refractivity contribution in [3.8, 4) is 5.75 Å². The van der Waals surface area contributed by atoms with Crippen molar-refractivity contribution in [2.24, 2.45) is 7.05 Å². The maximum atomic E-state index is 12.2. The van der Waals surface area contributed by atoms with Gasteiger partial charge in [-0.3, -0.25) is 5.21 Å². The number of imidazole rings is 1. The summed E-state index contributed by atoms with van der Waals surface area (Å²) in [6.45, 7) is 2.40. The number of hydrogen-bond donors (Lipinski definition) is 1. The first kappa shape index (κ1) is 20.3. The Hall–Kier alpha value is -1.77. The summed E-state index contributed by atoms with van der Waals surface area (Å²) in [5.41, 5.74) is 1.03. The van der Waals surface area contributed by atoms with Gasteiger partial charge in [-0.15, -0.1) is 4.47 Å². The second kappa shape index (κ2) is 8.36. The SMILES string of the molecule is COc1cc(N(O)S(=O)(=O)CCCn2cc[n+](C)c2)ccc1C.[Cl-]. The van der Waals surface area contributed by atoms with E-state index in [-0.39, 0.29) is 23.8 Å². The Morgan fingerprint density at radius 2 is 2.08 bits per heavy atom. The zero-order valence-electron chi connectivity index (χ0n) is 13.9. The van der Waals surface area contributed by atoms with Crippen LogP contribution in [0.15, 0.2) is 36.9 Å². The molecular formula is C15H22ClN3O4S. The first-order valence-electron chi connectivity index (χ1n) is 7.21. The van der Waals surface area contributed by atoms with E-state index in [1.54, 1.807) is 12.1 Å². The highest BCUT2D eigenvalue weighted by Gasteiger charge is 2.21. The second-order valence-electron chi connectivity index (χ2n) is 5.38. The molecule has 0 aliphatic rings. The Labute approximate surface area is 148 Å². The molecule has 0 aliphatic heterocycles. The summed E-state index contributed by atoms with van der Waals surface area (Å²) in [5, 5.41) is 10.0. The molecule has 24 heavy (non-hydrogen) atoms. The van der Waals surface area contributed by atoms with E-state index in [4.69, 9.17) is 4.74 Å². The molecule has 0 unspecified atom stereocenters. The highest BCUT2D eigenvalue weighted by atomic mass is 35.5. The quantitative estimate of drug-likeness (QED) is 0.460. The highest BCUT2D eigenvalue weighted by molar-refractivity contribution is 7.92. The first-order valence-corrected chi connectivity index (χ1v) is 8.82. The zero-order chi connectivity index (χ0) is 17.0. The Kier molecular flexibility index (Phi) is 7.07. The maximum absolute atomic E-state index is 12.2. The lowest BCUT2D eigenvalue weighted by atomic mass is 10.2. The summed E-state index contributed by atoms with van der Waals surface area (Å²) in [7, 11) is -0.406. The fourth-order valence-corrected chi connectivity index (χ4v) is 3.34. The first-order chi connectivity index (χ1) is 10.8. The molecule has 0 radical (unpaired) electrons. The molecule has 0 amide bonds. The average Bonchev–Trinajstić information content (AvgIpc) is 2.92. The van der Waals surface area contributed by atoms with Gasteiger partial charge in [0.05, 0.1) is 32.1 Å². The van der Waals surface area contributed by atoms with Crippen LogP contribution in [0.5, 0.6) is 5.75 Å². The van der Waals surface area contributed by atoms with E-state index >= 15 is 0 Å². The van der Waals surface area contributed by atoms with Crippen molar-refractivity contribution >= 4 is 15.7 Å². The lowest BCUT2D eigenvalue weighted by Gasteiger charge is -2.18. The predicted octanol–water partition coefficient (Wildman–Crippen LogP) is -1.75. The minimum absolute atomic E-state index is 0. The molecule has 0 atom stereocenters. The molecule has 1 heterocycles. The van der Waals surface area contributed by atoms with Gasteiger partial charge < -0.3 is 17.1 Å². The number of aromatic nitrogens is 2. The van der Waals surface area contributed by atoms with Crippen molar-refractivity contribution in [3.63, 3.8) is 0 Å². The summed E-state index contributed by atoms with van der Waals surface area (Å²) in [4.78, 5) is 0. The van der Waals surface area contributed by atoms with Gasteiger partial charge in [0.1, 0.15) is 18.1 Å². The van der Waals surface area contributed by atoms with Crippen LogP contribution in [0.3, 0.4) is 0 Å². The van der Waals surface area contributed by atoms with Crippen molar-refractivity contribution < 1.29 is 35.3 Å². The highest BCUT2D eigenvalue weighted by Crippen LogP contribution is 2.25. The van der Waals surface area contributed by atoms with Crippen LogP contribution in [0, 0.1) is 6.92 Å². The number of halogens is 1. The van der Waals surface area contributed by atoms with E-state index < -0.39 is 10.0 Å². The molecule has 0 bridgehead atoms. The molecule has 0 saturated carbocycles. The Balaban J connectivity index is 0.00000288. The number of ether oxygens (including phenoxy) is 1. The van der Waals surface area contributed by atoms with Gasteiger partial charge in [-0.2, -0.15) is 0 Å². The number of anilines is 1. The molecule has 2 rings (SSSR count). The molecule has 1 N–H and O–H groups in total. The molecule has 0 fully saturated rings. The molecule has 7 nitrogen and oxygen atoms in total. The van der Waals surface area contributed by atoms with Crippen molar-refractivity contribution in [2.75, 3.05) is 17.3 Å². The topological polar surface area (TPSA) is 75.7 Å². The largest absolute Gasteiger partial charge is 1.00 e. The van der Waals surface area contributed by atoms with Crippen molar-refractivity contribution in [1.82, 2.24) is 4.57 Å². The van der Waals surface area contributed by atoms with Gasteiger partial charge in [0.25, 0.3) is 10.0 Å². The van der Waals surface area contributed by atoms with E-state index in [1.165, 1.54) is 13.2 Å². The molecule has 1 aromatic carbocycles. The van der Waals surface area contributed by atoms with Crippen molar-refractivity contribution in [1.29, 1.82) is 0 Å². The van der Waals surface area contributed by atoms with Crippen molar-refractivity contribution in [2.45, 2.75) is 19.9 Å². The minimum Gasteiger partial charge on any atom is -1.00 e. The van der Waals surface area contributed by atoms with Gasteiger partial charge in [-0.25, -0.2) is 17.6 Å². The van der Waals surface area contributed by atoms with Crippen LogP contribution < -0.4 is 26.2 Å². The standard InChI is InChI=1S/C15H22N3O4S.ClH/c1-13-5-6-14(11-15(13)22-3)18(19)23(20,21)10-4-7-17-9-8-16(2)12-17;/h5-6,8-9,11-12,19H,4,7,10H2,1-3H3;1H/q+1;/p-1. The molecule has 0 saturated heterocycles.